The Kier molecular flexibility index (Phi) is 5.88. The van der Waals surface area contributed by atoms with E-state index in [-0.39, 0.29) is 5.54 Å². The molecule has 0 aliphatic heterocycles. The average Bonchev–Trinajstić information content (AvgIpc) is 3.27. The zero-order valence-corrected chi connectivity index (χ0v) is 13.7. The van der Waals surface area contributed by atoms with Gasteiger partial charge in [-0.3, -0.25) is 4.90 Å². The number of aliphatic hydroxyl groups excluding tert-OH is 1. The topological polar surface area (TPSA) is 35.5 Å². The molecule has 20 heavy (non-hydrogen) atoms. The molecule has 118 valence electrons. The van der Waals surface area contributed by atoms with Crippen LogP contribution in [0.15, 0.2) is 0 Å². The molecule has 0 bridgehead atoms. The highest BCUT2D eigenvalue weighted by atomic mass is 16.3. The van der Waals surface area contributed by atoms with E-state index < -0.39 is 0 Å². The second-order valence-electron chi connectivity index (χ2n) is 7.28. The van der Waals surface area contributed by atoms with Crippen molar-refractivity contribution in [3.63, 3.8) is 0 Å². The third-order valence-electron chi connectivity index (χ3n) is 4.97. The normalized spacial score (nSPS) is 22.5. The van der Waals surface area contributed by atoms with Gasteiger partial charge >= 0.3 is 0 Å². The lowest BCUT2D eigenvalue weighted by atomic mass is 9.92. The molecule has 0 saturated heterocycles. The maximum Gasteiger partial charge on any atom is 0.0628 e. The summed E-state index contributed by atoms with van der Waals surface area (Å²) >= 11 is 0. The molecule has 0 spiro atoms. The summed E-state index contributed by atoms with van der Waals surface area (Å²) in [6.07, 6.45) is 9.06. The largest absolute Gasteiger partial charge is 0.394 e. The second kappa shape index (κ2) is 7.24. The summed E-state index contributed by atoms with van der Waals surface area (Å²) in [5.74, 6) is 0.695. The van der Waals surface area contributed by atoms with Crippen molar-refractivity contribution in [2.75, 3.05) is 19.7 Å². The van der Waals surface area contributed by atoms with E-state index in [1.807, 2.05) is 0 Å². The molecule has 0 amide bonds. The molecule has 0 heterocycles. The number of nitrogens with one attached hydrogen (secondary N) is 1. The molecule has 1 unspecified atom stereocenters. The average molecular weight is 282 g/mol. The first kappa shape index (κ1) is 16.3. The van der Waals surface area contributed by atoms with Gasteiger partial charge in [-0.1, -0.05) is 19.8 Å². The fourth-order valence-electron chi connectivity index (χ4n) is 3.23. The van der Waals surface area contributed by atoms with Gasteiger partial charge in [0.25, 0.3) is 0 Å². The molecule has 1 atom stereocenters. The molecule has 3 heteroatoms. The van der Waals surface area contributed by atoms with Gasteiger partial charge in [-0.15, -0.1) is 0 Å². The molecular weight excluding hydrogens is 248 g/mol. The summed E-state index contributed by atoms with van der Waals surface area (Å²) in [4.78, 5) is 2.58. The highest BCUT2D eigenvalue weighted by Gasteiger charge is 2.48. The van der Waals surface area contributed by atoms with Gasteiger partial charge in [0.2, 0.25) is 0 Å². The lowest BCUT2D eigenvalue weighted by Crippen LogP contribution is -2.59. The van der Waals surface area contributed by atoms with Crippen LogP contribution in [0.3, 0.4) is 0 Å². The molecule has 2 rings (SSSR count). The van der Waals surface area contributed by atoms with Gasteiger partial charge in [0.15, 0.2) is 0 Å². The van der Waals surface area contributed by atoms with Gasteiger partial charge in [0.1, 0.15) is 0 Å². The Hall–Kier alpha value is -0.120. The van der Waals surface area contributed by atoms with Gasteiger partial charge in [0, 0.05) is 18.6 Å². The smallest absolute Gasteiger partial charge is 0.0628 e. The molecule has 2 saturated carbocycles. The molecule has 2 aliphatic rings. The van der Waals surface area contributed by atoms with Gasteiger partial charge < -0.3 is 10.4 Å². The Morgan fingerprint density at radius 2 is 1.90 bits per heavy atom. The maximum absolute atomic E-state index is 10.1. The molecule has 2 fully saturated rings. The van der Waals surface area contributed by atoms with Crippen molar-refractivity contribution in [2.24, 2.45) is 5.92 Å². The van der Waals surface area contributed by atoms with E-state index in [2.05, 4.69) is 31.0 Å². The molecule has 2 aliphatic carbocycles. The third kappa shape index (κ3) is 4.44. The van der Waals surface area contributed by atoms with Crippen molar-refractivity contribution in [3.05, 3.63) is 0 Å². The van der Waals surface area contributed by atoms with Crippen LogP contribution in [0.2, 0.25) is 0 Å². The monoisotopic (exact) mass is 282 g/mol. The highest BCUT2D eigenvalue weighted by Crippen LogP contribution is 2.42. The van der Waals surface area contributed by atoms with E-state index in [1.165, 1.54) is 51.5 Å². The van der Waals surface area contributed by atoms with E-state index in [0.29, 0.717) is 24.6 Å². The number of aliphatic hydroxyl groups is 1. The van der Waals surface area contributed by atoms with Crippen molar-refractivity contribution >= 4 is 0 Å². The van der Waals surface area contributed by atoms with Crippen LogP contribution >= 0.6 is 0 Å². The van der Waals surface area contributed by atoms with E-state index in [9.17, 15) is 5.11 Å². The Morgan fingerprint density at radius 3 is 2.35 bits per heavy atom. The van der Waals surface area contributed by atoms with Crippen LogP contribution in [0.5, 0.6) is 0 Å². The van der Waals surface area contributed by atoms with Crippen molar-refractivity contribution in [3.8, 4) is 0 Å². The maximum atomic E-state index is 10.1. The van der Waals surface area contributed by atoms with Crippen molar-refractivity contribution < 1.29 is 5.11 Å². The Bertz CT molecular complexity index is 287. The van der Waals surface area contributed by atoms with Crippen LogP contribution in [-0.4, -0.2) is 47.3 Å². The summed E-state index contributed by atoms with van der Waals surface area (Å²) in [7, 11) is 0. The van der Waals surface area contributed by atoms with Gasteiger partial charge in [-0.2, -0.15) is 0 Å². The van der Waals surface area contributed by atoms with Crippen LogP contribution in [0.4, 0.5) is 0 Å². The minimum absolute atomic E-state index is 0.0301. The fraction of sp³-hybridized carbons (Fsp3) is 1.00. The second-order valence-corrected chi connectivity index (χ2v) is 7.28. The van der Waals surface area contributed by atoms with Crippen molar-refractivity contribution in [1.82, 2.24) is 10.2 Å². The van der Waals surface area contributed by atoms with Gasteiger partial charge in [0.05, 0.1) is 12.1 Å². The van der Waals surface area contributed by atoms with Gasteiger partial charge in [-0.05, 0) is 58.4 Å². The fourth-order valence-corrected chi connectivity index (χ4v) is 3.23. The molecule has 0 aromatic heterocycles. The van der Waals surface area contributed by atoms with Crippen LogP contribution in [0.25, 0.3) is 0 Å². The summed E-state index contributed by atoms with van der Waals surface area (Å²) < 4.78 is 0. The molecule has 3 nitrogen and oxygen atoms in total. The van der Waals surface area contributed by atoms with E-state index in [0.717, 1.165) is 6.54 Å². The zero-order valence-electron chi connectivity index (χ0n) is 13.7. The summed E-state index contributed by atoms with van der Waals surface area (Å²) in [5, 5.41) is 13.9. The number of nitrogens with zero attached hydrogens (tertiary/aromatic N) is 1. The number of hydrogen-bond donors (Lipinski definition) is 2. The Morgan fingerprint density at radius 1 is 1.20 bits per heavy atom. The summed E-state index contributed by atoms with van der Waals surface area (Å²) in [6.45, 7) is 9.33. The minimum Gasteiger partial charge on any atom is -0.394 e. The number of rotatable bonds is 11. The van der Waals surface area contributed by atoms with E-state index >= 15 is 0 Å². The van der Waals surface area contributed by atoms with Crippen LogP contribution in [0.1, 0.15) is 65.7 Å². The third-order valence-corrected chi connectivity index (χ3v) is 4.97. The molecule has 0 aromatic carbocycles. The highest BCUT2D eigenvalue weighted by molar-refractivity contribution is 5.06. The van der Waals surface area contributed by atoms with Crippen LogP contribution in [0, 0.1) is 5.92 Å². The first-order chi connectivity index (χ1) is 9.61. The molecule has 0 aromatic rings. The Labute approximate surface area is 125 Å². The zero-order chi connectivity index (χ0) is 14.6. The molecule has 2 N–H and O–H groups in total. The Balaban J connectivity index is 1.95. The first-order valence-electron chi connectivity index (χ1n) is 8.74. The molecular formula is C17H34N2O. The van der Waals surface area contributed by atoms with Crippen LogP contribution in [-0.2, 0) is 0 Å². The van der Waals surface area contributed by atoms with E-state index in [4.69, 9.17) is 0 Å². The van der Waals surface area contributed by atoms with Crippen molar-refractivity contribution in [2.45, 2.75) is 83.3 Å². The predicted molar refractivity (Wildman–Crippen MR) is 84.9 cm³/mol. The SMILES string of the molecule is CCCCCN(CC(CO)(NC1CC1)C1CC1)C(C)C. The number of hydrogen-bond acceptors (Lipinski definition) is 3. The summed E-state index contributed by atoms with van der Waals surface area (Å²) in [5.41, 5.74) is -0.0301. The predicted octanol–water partition coefficient (Wildman–Crippen LogP) is 2.78. The quantitative estimate of drug-likeness (QED) is 0.572. The molecule has 0 radical (unpaired) electrons. The first-order valence-corrected chi connectivity index (χ1v) is 8.74. The van der Waals surface area contributed by atoms with Gasteiger partial charge in [-0.25, -0.2) is 0 Å². The lowest BCUT2D eigenvalue weighted by Gasteiger charge is -2.40. The summed E-state index contributed by atoms with van der Waals surface area (Å²) in [6, 6.07) is 1.24. The van der Waals surface area contributed by atoms with Crippen LogP contribution < -0.4 is 5.32 Å². The van der Waals surface area contributed by atoms with E-state index in [1.54, 1.807) is 0 Å². The standard InChI is InChI=1S/C17H34N2O/c1-4-5-6-11-19(14(2)3)12-17(13-20,15-7-8-15)18-16-9-10-16/h14-16,18,20H,4-13H2,1-3H3. The number of unbranched alkanes of at least 4 members (excludes halogenated alkanes) is 2. The van der Waals surface area contributed by atoms with Crippen molar-refractivity contribution in [1.29, 1.82) is 0 Å². The minimum atomic E-state index is -0.0301. The lowest BCUT2D eigenvalue weighted by molar-refractivity contribution is 0.0741.